The van der Waals surface area contributed by atoms with Gasteiger partial charge < -0.3 is 16.4 Å². The molecular weight excluding hydrogens is 206 g/mol. The fourth-order valence-electron chi connectivity index (χ4n) is 1.76. The van der Waals surface area contributed by atoms with Crippen molar-refractivity contribution in [2.45, 2.75) is 45.2 Å². The highest BCUT2D eigenvalue weighted by atomic mass is 16.2. The van der Waals surface area contributed by atoms with Crippen molar-refractivity contribution >= 4 is 11.8 Å². The van der Waals surface area contributed by atoms with Crippen molar-refractivity contribution in [3.63, 3.8) is 0 Å². The van der Waals surface area contributed by atoms with Crippen LogP contribution in [0.1, 0.15) is 33.6 Å². The number of nitrogens with one attached hydrogen (secondary N) is 2. The topological polar surface area (TPSA) is 84.2 Å². The van der Waals surface area contributed by atoms with Crippen molar-refractivity contribution in [1.29, 1.82) is 0 Å². The lowest BCUT2D eigenvalue weighted by molar-refractivity contribution is -0.132. The number of carbonyl (C=O) groups is 2. The van der Waals surface area contributed by atoms with Gasteiger partial charge in [0, 0.05) is 0 Å². The number of hydrogen-bond acceptors (Lipinski definition) is 3. The second-order valence-electron chi connectivity index (χ2n) is 5.11. The summed E-state index contributed by atoms with van der Waals surface area (Å²) in [5, 5.41) is 5.82. The molecule has 2 atom stereocenters. The first-order valence-electron chi connectivity index (χ1n) is 5.68. The summed E-state index contributed by atoms with van der Waals surface area (Å²) in [6.45, 7) is 6.19. The normalized spacial score (nSPS) is 26.2. The van der Waals surface area contributed by atoms with E-state index in [1.807, 2.05) is 0 Å². The number of amides is 2. The Balaban J connectivity index is 2.55. The molecule has 0 aromatic rings. The minimum Gasteiger partial charge on any atom is -0.368 e. The van der Waals surface area contributed by atoms with Gasteiger partial charge in [0.1, 0.15) is 5.54 Å². The molecule has 1 saturated heterocycles. The lowest BCUT2D eigenvalue weighted by Gasteiger charge is -2.30. The summed E-state index contributed by atoms with van der Waals surface area (Å²) >= 11 is 0. The van der Waals surface area contributed by atoms with E-state index in [1.165, 1.54) is 0 Å². The first kappa shape index (κ1) is 13.0. The third kappa shape index (κ3) is 3.20. The number of primary amides is 1. The minimum absolute atomic E-state index is 0.143. The van der Waals surface area contributed by atoms with Crippen LogP contribution in [-0.4, -0.2) is 29.9 Å². The molecule has 0 aromatic carbocycles. The molecule has 0 spiro atoms. The zero-order chi connectivity index (χ0) is 12.3. The fourth-order valence-corrected chi connectivity index (χ4v) is 1.76. The van der Waals surface area contributed by atoms with Crippen molar-refractivity contribution in [2.24, 2.45) is 11.7 Å². The van der Waals surface area contributed by atoms with Gasteiger partial charge in [0.2, 0.25) is 11.8 Å². The number of nitrogens with two attached hydrogens (primary N) is 1. The van der Waals surface area contributed by atoms with Crippen molar-refractivity contribution < 1.29 is 9.59 Å². The SMILES string of the molecule is CC1CCNC(C(=O)NC(C)(C)C(N)=O)C1. The number of rotatable bonds is 3. The third-order valence-electron chi connectivity index (χ3n) is 3.03. The molecule has 1 fully saturated rings. The second kappa shape index (κ2) is 4.82. The molecule has 1 aliphatic heterocycles. The van der Waals surface area contributed by atoms with Gasteiger partial charge in [-0.25, -0.2) is 0 Å². The summed E-state index contributed by atoms with van der Waals surface area (Å²) in [5.41, 5.74) is 4.21. The van der Waals surface area contributed by atoms with Crippen molar-refractivity contribution in [2.75, 3.05) is 6.54 Å². The average Bonchev–Trinajstić information content (AvgIpc) is 2.16. The third-order valence-corrected chi connectivity index (χ3v) is 3.03. The molecule has 92 valence electrons. The van der Waals surface area contributed by atoms with Crippen LogP contribution in [0.2, 0.25) is 0 Å². The van der Waals surface area contributed by atoms with Gasteiger partial charge in [0.05, 0.1) is 6.04 Å². The Bertz CT molecular complexity index is 289. The number of hydrogen-bond donors (Lipinski definition) is 3. The molecule has 0 aromatic heterocycles. The van der Waals surface area contributed by atoms with Crippen molar-refractivity contribution in [1.82, 2.24) is 10.6 Å². The van der Waals surface area contributed by atoms with E-state index < -0.39 is 11.4 Å². The van der Waals surface area contributed by atoms with E-state index in [-0.39, 0.29) is 11.9 Å². The molecule has 4 N–H and O–H groups in total. The molecule has 0 aliphatic carbocycles. The van der Waals surface area contributed by atoms with Gasteiger partial charge in [0.25, 0.3) is 0 Å². The molecule has 2 unspecified atom stereocenters. The van der Waals surface area contributed by atoms with E-state index in [2.05, 4.69) is 17.6 Å². The van der Waals surface area contributed by atoms with Gasteiger partial charge in [-0.1, -0.05) is 6.92 Å². The number of piperidine rings is 1. The molecule has 5 heteroatoms. The lowest BCUT2D eigenvalue weighted by atomic mass is 9.93. The Morgan fingerprint density at radius 2 is 2.06 bits per heavy atom. The van der Waals surface area contributed by atoms with Gasteiger partial charge >= 0.3 is 0 Å². The maximum atomic E-state index is 11.9. The zero-order valence-corrected chi connectivity index (χ0v) is 10.2. The zero-order valence-electron chi connectivity index (χ0n) is 10.2. The van der Waals surface area contributed by atoms with Crippen molar-refractivity contribution in [3.05, 3.63) is 0 Å². The molecule has 16 heavy (non-hydrogen) atoms. The largest absolute Gasteiger partial charge is 0.368 e. The monoisotopic (exact) mass is 227 g/mol. The quantitative estimate of drug-likeness (QED) is 0.622. The Kier molecular flexibility index (Phi) is 3.91. The van der Waals surface area contributed by atoms with E-state index >= 15 is 0 Å². The molecule has 0 radical (unpaired) electrons. The predicted molar refractivity (Wildman–Crippen MR) is 61.6 cm³/mol. The maximum absolute atomic E-state index is 11.9. The lowest BCUT2D eigenvalue weighted by Crippen LogP contribution is -2.58. The smallest absolute Gasteiger partial charge is 0.242 e. The van der Waals surface area contributed by atoms with Crippen LogP contribution >= 0.6 is 0 Å². The van der Waals surface area contributed by atoms with Crippen LogP contribution in [0.25, 0.3) is 0 Å². The molecule has 1 aliphatic rings. The Labute approximate surface area is 96.1 Å². The first-order valence-corrected chi connectivity index (χ1v) is 5.68. The Morgan fingerprint density at radius 3 is 2.56 bits per heavy atom. The molecule has 0 saturated carbocycles. The van der Waals surface area contributed by atoms with Crippen LogP contribution in [0.3, 0.4) is 0 Å². The first-order chi connectivity index (χ1) is 7.33. The van der Waals surface area contributed by atoms with E-state index in [0.29, 0.717) is 5.92 Å². The van der Waals surface area contributed by atoms with Gasteiger partial charge in [0.15, 0.2) is 0 Å². The summed E-state index contributed by atoms with van der Waals surface area (Å²) < 4.78 is 0. The van der Waals surface area contributed by atoms with Gasteiger partial charge in [-0.2, -0.15) is 0 Å². The summed E-state index contributed by atoms with van der Waals surface area (Å²) in [4.78, 5) is 23.0. The molecule has 5 nitrogen and oxygen atoms in total. The van der Waals surface area contributed by atoms with Crippen LogP contribution < -0.4 is 16.4 Å². The summed E-state index contributed by atoms with van der Waals surface area (Å²) in [7, 11) is 0. The van der Waals surface area contributed by atoms with Crippen LogP contribution in [-0.2, 0) is 9.59 Å². The molecule has 1 rings (SSSR count). The molecule has 2 amide bonds. The summed E-state index contributed by atoms with van der Waals surface area (Å²) in [6, 6.07) is -0.206. The van der Waals surface area contributed by atoms with E-state index in [0.717, 1.165) is 19.4 Å². The highest BCUT2D eigenvalue weighted by molar-refractivity contribution is 5.91. The average molecular weight is 227 g/mol. The van der Waals surface area contributed by atoms with Crippen LogP contribution in [0.4, 0.5) is 0 Å². The Hall–Kier alpha value is -1.10. The minimum atomic E-state index is -0.987. The van der Waals surface area contributed by atoms with E-state index in [1.54, 1.807) is 13.8 Å². The van der Waals surface area contributed by atoms with Crippen LogP contribution in [0.5, 0.6) is 0 Å². The Morgan fingerprint density at radius 1 is 1.44 bits per heavy atom. The molecular formula is C11H21N3O2. The van der Waals surface area contributed by atoms with E-state index in [9.17, 15) is 9.59 Å². The van der Waals surface area contributed by atoms with Crippen LogP contribution in [0.15, 0.2) is 0 Å². The van der Waals surface area contributed by atoms with Gasteiger partial charge in [-0.05, 0) is 39.2 Å². The van der Waals surface area contributed by atoms with Crippen molar-refractivity contribution in [3.8, 4) is 0 Å². The second-order valence-corrected chi connectivity index (χ2v) is 5.11. The summed E-state index contributed by atoms with van der Waals surface area (Å²) in [5.74, 6) is -0.131. The van der Waals surface area contributed by atoms with Gasteiger partial charge in [-0.3, -0.25) is 9.59 Å². The van der Waals surface area contributed by atoms with Crippen LogP contribution in [0, 0.1) is 5.92 Å². The van der Waals surface area contributed by atoms with Gasteiger partial charge in [-0.15, -0.1) is 0 Å². The highest BCUT2D eigenvalue weighted by Gasteiger charge is 2.31. The number of carbonyl (C=O) groups excluding carboxylic acids is 2. The fraction of sp³-hybridized carbons (Fsp3) is 0.818. The highest BCUT2D eigenvalue weighted by Crippen LogP contribution is 2.15. The molecule has 1 heterocycles. The standard InChI is InChI=1S/C11H21N3O2/c1-7-4-5-13-8(6-7)9(15)14-11(2,3)10(12)16/h7-8,13H,4-6H2,1-3H3,(H2,12,16)(H,14,15). The summed E-state index contributed by atoms with van der Waals surface area (Å²) in [6.07, 6.45) is 1.89. The molecule has 0 bridgehead atoms. The predicted octanol–water partition coefficient (Wildman–Crippen LogP) is -0.245. The van der Waals surface area contributed by atoms with E-state index in [4.69, 9.17) is 5.73 Å². The maximum Gasteiger partial charge on any atom is 0.242 e.